The fraction of sp³-hybridized carbons (Fsp3) is 0.682. The first-order valence-electron chi connectivity index (χ1n) is 10.00. The van der Waals surface area contributed by atoms with Crippen LogP contribution in [0.4, 0.5) is 0 Å². The van der Waals surface area contributed by atoms with E-state index in [-0.39, 0.29) is 17.9 Å². The third kappa shape index (κ3) is 3.98. The van der Waals surface area contributed by atoms with Crippen LogP contribution in [0.3, 0.4) is 0 Å². The van der Waals surface area contributed by atoms with E-state index in [4.69, 9.17) is 0 Å². The van der Waals surface area contributed by atoms with Crippen molar-refractivity contribution in [3.63, 3.8) is 0 Å². The number of piperazine rings is 1. The molecule has 3 rings (SSSR count). The number of rotatable bonds is 4. The summed E-state index contributed by atoms with van der Waals surface area (Å²) in [5, 5.41) is 0. The fourth-order valence-electron chi connectivity index (χ4n) is 4.82. The first-order valence-corrected chi connectivity index (χ1v) is 10.00. The Morgan fingerprint density at radius 2 is 1.64 bits per heavy atom. The zero-order valence-corrected chi connectivity index (χ0v) is 16.3. The van der Waals surface area contributed by atoms with E-state index in [2.05, 4.69) is 68.0 Å². The highest BCUT2D eigenvalue weighted by Gasteiger charge is 2.44. The molecule has 1 aromatic rings. The molecule has 1 saturated heterocycles. The van der Waals surface area contributed by atoms with E-state index in [0.29, 0.717) is 17.6 Å². The summed E-state index contributed by atoms with van der Waals surface area (Å²) in [4.78, 5) is 18.4. The lowest BCUT2D eigenvalue weighted by Crippen LogP contribution is -2.51. The van der Waals surface area contributed by atoms with Crippen molar-refractivity contribution in [1.29, 1.82) is 0 Å². The van der Waals surface area contributed by atoms with Crippen LogP contribution in [0.25, 0.3) is 0 Å². The van der Waals surface area contributed by atoms with Gasteiger partial charge in [0, 0.05) is 44.1 Å². The van der Waals surface area contributed by atoms with E-state index in [1.54, 1.807) is 0 Å². The average molecular weight is 343 g/mol. The van der Waals surface area contributed by atoms with Gasteiger partial charge in [0.2, 0.25) is 0 Å². The molecule has 4 atom stereocenters. The second-order valence-electron chi connectivity index (χ2n) is 8.53. The molecule has 2 fully saturated rings. The number of hydrogen-bond donors (Lipinski definition) is 0. The van der Waals surface area contributed by atoms with E-state index in [1.807, 2.05) is 0 Å². The van der Waals surface area contributed by atoms with Gasteiger partial charge in [-0.1, -0.05) is 51.1 Å². The molecule has 138 valence electrons. The number of nitrogens with zero attached hydrogens (tertiary/aromatic N) is 2. The number of ketones is 1. The van der Waals surface area contributed by atoms with E-state index in [1.165, 1.54) is 12.0 Å². The summed E-state index contributed by atoms with van der Waals surface area (Å²) < 4.78 is 0. The van der Waals surface area contributed by atoms with Gasteiger partial charge in [0.05, 0.1) is 0 Å². The number of carbonyl (C=O) groups excluding carboxylic acids is 1. The molecule has 1 heterocycles. The molecule has 2 unspecified atom stereocenters. The maximum Gasteiger partial charge on any atom is 0.141 e. The standard InChI is InChI=1S/C22H34N2O/c1-16(2)19-11-10-17(3)20(22(19)25)21(18-8-6-5-7-9-18)24-14-12-23(4)13-15-24/h5-9,16-17,19-21H,10-15H2,1-4H3/t17-,19+,20?,21?/m1/s1. The van der Waals surface area contributed by atoms with Crippen molar-refractivity contribution in [2.24, 2.45) is 23.7 Å². The van der Waals surface area contributed by atoms with Gasteiger partial charge in [-0.3, -0.25) is 9.69 Å². The Labute approximate surface area is 153 Å². The van der Waals surface area contributed by atoms with Crippen LogP contribution in [0.2, 0.25) is 0 Å². The molecule has 0 amide bonds. The minimum atomic E-state index is 0.131. The van der Waals surface area contributed by atoms with Crippen LogP contribution in [0.15, 0.2) is 30.3 Å². The topological polar surface area (TPSA) is 23.6 Å². The number of carbonyl (C=O) groups is 1. The Bertz CT molecular complexity index is 563. The first kappa shape index (κ1) is 18.6. The van der Waals surface area contributed by atoms with Gasteiger partial charge in [-0.15, -0.1) is 0 Å². The molecule has 3 nitrogen and oxygen atoms in total. The van der Waals surface area contributed by atoms with Crippen molar-refractivity contribution < 1.29 is 4.79 Å². The van der Waals surface area contributed by atoms with Gasteiger partial charge >= 0.3 is 0 Å². The normalized spacial score (nSPS) is 30.6. The summed E-state index contributed by atoms with van der Waals surface area (Å²) in [6.45, 7) is 11.0. The lowest BCUT2D eigenvalue weighted by atomic mass is 9.66. The number of likely N-dealkylation sites (N-methyl/N-ethyl adjacent to an activating group) is 1. The van der Waals surface area contributed by atoms with Crippen molar-refractivity contribution in [3.8, 4) is 0 Å². The molecular formula is C22H34N2O. The monoisotopic (exact) mass is 342 g/mol. The second-order valence-corrected chi connectivity index (χ2v) is 8.53. The lowest BCUT2D eigenvalue weighted by molar-refractivity contribution is -0.136. The quantitative estimate of drug-likeness (QED) is 0.830. The summed E-state index contributed by atoms with van der Waals surface area (Å²) in [5.74, 6) is 1.80. The Morgan fingerprint density at radius 3 is 2.24 bits per heavy atom. The van der Waals surface area contributed by atoms with Crippen molar-refractivity contribution in [3.05, 3.63) is 35.9 Å². The van der Waals surface area contributed by atoms with Gasteiger partial charge in [0.1, 0.15) is 5.78 Å². The SMILES string of the molecule is CC(C)[C@@H]1CC[C@@H](C)C(C(c2ccccc2)N2CCN(C)CC2)C1=O. The zero-order chi connectivity index (χ0) is 18.0. The largest absolute Gasteiger partial charge is 0.304 e. The number of Topliss-reactive ketones (excluding diaryl/α,β-unsaturated/α-hetero) is 1. The molecule has 0 N–H and O–H groups in total. The molecule has 1 aliphatic heterocycles. The van der Waals surface area contributed by atoms with Gasteiger partial charge in [0.15, 0.2) is 0 Å². The van der Waals surface area contributed by atoms with Gasteiger partial charge < -0.3 is 4.90 Å². The average Bonchev–Trinajstić information content (AvgIpc) is 2.60. The van der Waals surface area contributed by atoms with Gasteiger partial charge in [-0.2, -0.15) is 0 Å². The maximum absolute atomic E-state index is 13.5. The summed E-state index contributed by atoms with van der Waals surface area (Å²) >= 11 is 0. The molecule has 3 heteroatoms. The van der Waals surface area contributed by atoms with Crippen molar-refractivity contribution >= 4 is 5.78 Å². The number of hydrogen-bond acceptors (Lipinski definition) is 3. The molecule has 1 saturated carbocycles. The number of benzene rings is 1. The van der Waals surface area contributed by atoms with Gasteiger partial charge in [-0.25, -0.2) is 0 Å². The van der Waals surface area contributed by atoms with Crippen LogP contribution in [0, 0.1) is 23.7 Å². The van der Waals surface area contributed by atoms with Gasteiger partial charge in [-0.05, 0) is 37.3 Å². The predicted octanol–water partition coefficient (Wildman–Crippen LogP) is 3.86. The van der Waals surface area contributed by atoms with E-state index in [9.17, 15) is 4.79 Å². The van der Waals surface area contributed by atoms with Crippen molar-refractivity contribution in [2.45, 2.75) is 39.7 Å². The van der Waals surface area contributed by atoms with E-state index < -0.39 is 0 Å². The Morgan fingerprint density at radius 1 is 1.00 bits per heavy atom. The van der Waals surface area contributed by atoms with Crippen LogP contribution in [-0.2, 0) is 4.79 Å². The molecule has 25 heavy (non-hydrogen) atoms. The minimum Gasteiger partial charge on any atom is -0.304 e. The summed E-state index contributed by atoms with van der Waals surface area (Å²) in [7, 11) is 2.19. The summed E-state index contributed by atoms with van der Waals surface area (Å²) in [6, 6.07) is 11.0. The third-order valence-corrected chi connectivity index (χ3v) is 6.46. The van der Waals surface area contributed by atoms with Crippen LogP contribution in [0.1, 0.15) is 45.2 Å². The highest BCUT2D eigenvalue weighted by Crippen LogP contribution is 2.43. The van der Waals surface area contributed by atoms with Crippen LogP contribution in [0.5, 0.6) is 0 Å². The van der Waals surface area contributed by atoms with Crippen LogP contribution in [-0.4, -0.2) is 48.8 Å². The smallest absolute Gasteiger partial charge is 0.141 e. The fourth-order valence-corrected chi connectivity index (χ4v) is 4.82. The molecule has 0 radical (unpaired) electrons. The summed E-state index contributed by atoms with van der Waals surface area (Å²) in [6.07, 6.45) is 2.24. The third-order valence-electron chi connectivity index (χ3n) is 6.46. The van der Waals surface area contributed by atoms with E-state index in [0.717, 1.165) is 32.6 Å². The lowest BCUT2D eigenvalue weighted by Gasteiger charge is -2.46. The molecule has 0 bridgehead atoms. The molecule has 2 aliphatic rings. The van der Waals surface area contributed by atoms with Gasteiger partial charge in [0.25, 0.3) is 0 Å². The highest BCUT2D eigenvalue weighted by molar-refractivity contribution is 5.85. The second kappa shape index (κ2) is 8.01. The first-order chi connectivity index (χ1) is 12.0. The van der Waals surface area contributed by atoms with Crippen LogP contribution >= 0.6 is 0 Å². The molecule has 0 spiro atoms. The molecule has 1 aliphatic carbocycles. The van der Waals surface area contributed by atoms with Crippen molar-refractivity contribution in [1.82, 2.24) is 9.80 Å². The molecule has 0 aromatic heterocycles. The molecule has 1 aromatic carbocycles. The predicted molar refractivity (Wildman–Crippen MR) is 103 cm³/mol. The van der Waals surface area contributed by atoms with Crippen LogP contribution < -0.4 is 0 Å². The Balaban J connectivity index is 1.93. The molecular weight excluding hydrogens is 308 g/mol. The van der Waals surface area contributed by atoms with E-state index >= 15 is 0 Å². The minimum absolute atomic E-state index is 0.131. The highest BCUT2D eigenvalue weighted by atomic mass is 16.1. The Kier molecular flexibility index (Phi) is 5.96. The zero-order valence-electron chi connectivity index (χ0n) is 16.3. The maximum atomic E-state index is 13.5. The summed E-state index contributed by atoms with van der Waals surface area (Å²) in [5.41, 5.74) is 1.32. The van der Waals surface area contributed by atoms with Crippen molar-refractivity contribution in [2.75, 3.05) is 33.2 Å². The Hall–Kier alpha value is -1.19.